The van der Waals surface area contributed by atoms with Crippen molar-refractivity contribution in [2.75, 3.05) is 26.4 Å². The molecule has 0 aromatic heterocycles. The Morgan fingerprint density at radius 3 is 1.04 bits per heavy atom. The Kier molecular flexibility index (Phi) is 58.1. The van der Waals surface area contributed by atoms with Crippen molar-refractivity contribution in [3.05, 3.63) is 60.8 Å². The Morgan fingerprint density at radius 1 is 0.372 bits per heavy atom. The molecule has 0 aromatic rings. The van der Waals surface area contributed by atoms with Crippen molar-refractivity contribution in [3.8, 4) is 0 Å². The van der Waals surface area contributed by atoms with Gasteiger partial charge in [0.15, 0.2) is 6.10 Å². The van der Waals surface area contributed by atoms with E-state index in [4.69, 9.17) is 23.3 Å². The van der Waals surface area contributed by atoms with Gasteiger partial charge in [-0.3, -0.25) is 23.4 Å². The van der Waals surface area contributed by atoms with Crippen LogP contribution in [0, 0.1) is 0 Å². The van der Waals surface area contributed by atoms with Crippen LogP contribution in [0.4, 0.5) is 0 Å². The van der Waals surface area contributed by atoms with Crippen LogP contribution in [0.3, 0.4) is 0 Å². The number of hydrogen-bond donors (Lipinski definition) is 2. The van der Waals surface area contributed by atoms with Crippen LogP contribution in [0.1, 0.15) is 303 Å². The number of carbonyl (C=O) groups excluding carboxylic acids is 3. The van der Waals surface area contributed by atoms with Gasteiger partial charge in [-0.05, 0) is 103 Å². The molecule has 2 N–H and O–H groups in total. The third-order valence-corrected chi connectivity index (χ3v) is 14.8. The molecule has 0 aliphatic heterocycles. The molecule has 78 heavy (non-hydrogen) atoms. The van der Waals surface area contributed by atoms with Gasteiger partial charge in [0, 0.05) is 19.3 Å². The number of aliphatic hydroxyl groups is 1. The zero-order valence-electron chi connectivity index (χ0n) is 50.4. The van der Waals surface area contributed by atoms with E-state index in [2.05, 4.69) is 81.5 Å². The van der Waals surface area contributed by atoms with E-state index in [-0.39, 0.29) is 25.9 Å². The molecule has 0 heterocycles. The third-order valence-electron chi connectivity index (χ3n) is 13.9. The Bertz CT molecular complexity index is 1540. The number of phosphoric ester groups is 1. The van der Waals surface area contributed by atoms with Crippen LogP contribution >= 0.6 is 7.82 Å². The van der Waals surface area contributed by atoms with Crippen LogP contribution in [0.2, 0.25) is 0 Å². The molecule has 0 saturated carbocycles. The summed E-state index contributed by atoms with van der Waals surface area (Å²) >= 11 is 0. The number of phosphoric acid groups is 1. The molecule has 0 rings (SSSR count). The monoisotopic (exact) mass is 1120 g/mol. The average molecular weight is 1120 g/mol. The van der Waals surface area contributed by atoms with Gasteiger partial charge in [0.25, 0.3) is 0 Å². The van der Waals surface area contributed by atoms with Gasteiger partial charge >= 0.3 is 25.7 Å². The minimum atomic E-state index is -4.76. The van der Waals surface area contributed by atoms with Gasteiger partial charge in [-0.2, -0.15) is 0 Å². The molecule has 0 bridgehead atoms. The van der Waals surface area contributed by atoms with E-state index >= 15 is 0 Å². The number of esters is 3. The molecule has 0 amide bonds. The van der Waals surface area contributed by atoms with E-state index in [0.29, 0.717) is 19.3 Å². The summed E-state index contributed by atoms with van der Waals surface area (Å²) in [6, 6.07) is 0. The first-order valence-electron chi connectivity index (χ1n) is 32.2. The fourth-order valence-corrected chi connectivity index (χ4v) is 9.79. The lowest BCUT2D eigenvalue weighted by molar-refractivity contribution is -0.161. The fourth-order valence-electron chi connectivity index (χ4n) is 9.01. The molecule has 0 aliphatic carbocycles. The van der Waals surface area contributed by atoms with Gasteiger partial charge in [0.05, 0.1) is 19.8 Å². The quantitative estimate of drug-likeness (QED) is 0.0197. The molecule has 11 nitrogen and oxygen atoms in total. The molecule has 12 heteroatoms. The van der Waals surface area contributed by atoms with E-state index in [1.165, 1.54) is 135 Å². The van der Waals surface area contributed by atoms with Crippen molar-refractivity contribution in [1.29, 1.82) is 0 Å². The number of hydrogen-bond acceptors (Lipinski definition) is 10. The predicted molar refractivity (Wildman–Crippen MR) is 325 cm³/mol. The van der Waals surface area contributed by atoms with E-state index in [9.17, 15) is 28.9 Å². The van der Waals surface area contributed by atoms with Gasteiger partial charge in [-0.15, -0.1) is 0 Å². The van der Waals surface area contributed by atoms with Crippen LogP contribution in [0.5, 0.6) is 0 Å². The largest absolute Gasteiger partial charge is 0.472 e. The third kappa shape index (κ3) is 57.9. The summed E-state index contributed by atoms with van der Waals surface area (Å²) in [6.45, 7) is 4.56. The Labute approximate surface area is 478 Å². The van der Waals surface area contributed by atoms with Gasteiger partial charge in [-0.25, -0.2) is 4.57 Å². The number of rotatable bonds is 60. The van der Waals surface area contributed by atoms with Crippen LogP contribution in [-0.4, -0.2) is 66.5 Å². The lowest BCUT2D eigenvalue weighted by Gasteiger charge is -2.21. The standard InChI is InChI=1S/C66H119O11P/c1-4-7-10-13-16-19-22-25-28-31-34-37-40-43-46-49-52-55-64(68)73-59-63(77-66(70)57-54-51-48-45-42-39-36-33-30-27-24-21-18-15-12-9-6-3)61-75-78(71,72)74-60-62(58-67)76-65(69)56-53-50-47-44-41-38-35-32-29-26-23-20-17-14-11-8-5-2/h9,12,18,21,25-30,62-63,67H,4-8,10-11,13-17,19-20,22-24,31-61H2,1-3H3,(H,71,72)/b12-9-,21-18-,28-25-,29-26-,30-27-. The van der Waals surface area contributed by atoms with Gasteiger partial charge in [-0.1, -0.05) is 242 Å². The van der Waals surface area contributed by atoms with Crippen LogP contribution in [0.25, 0.3) is 0 Å². The lowest BCUT2D eigenvalue weighted by atomic mass is 10.1. The molecule has 0 radical (unpaired) electrons. The van der Waals surface area contributed by atoms with Gasteiger partial charge in [0.2, 0.25) is 0 Å². The van der Waals surface area contributed by atoms with Crippen LogP contribution in [0.15, 0.2) is 60.8 Å². The van der Waals surface area contributed by atoms with E-state index in [1.807, 2.05) is 0 Å². The maximum atomic E-state index is 13.0. The SMILES string of the molecule is CC/C=C\C/C=C\C/C=C\CCCCCCCCCC(=O)OC(COC(=O)CCCCCCCCC/C=C\CCCCCCCC)COP(=O)(O)OCC(CO)OC(=O)CCCCCCCCC/C=C\CCCCCCCC. The molecule has 0 aromatic carbocycles. The minimum Gasteiger partial charge on any atom is -0.462 e. The van der Waals surface area contributed by atoms with Crippen molar-refractivity contribution in [2.45, 2.75) is 315 Å². The smallest absolute Gasteiger partial charge is 0.462 e. The Hall–Kier alpha value is -2.82. The first-order chi connectivity index (χ1) is 38.2. The Balaban J connectivity index is 4.69. The maximum Gasteiger partial charge on any atom is 0.472 e. The first-order valence-corrected chi connectivity index (χ1v) is 33.7. The summed E-state index contributed by atoms with van der Waals surface area (Å²) in [5.41, 5.74) is 0. The topological polar surface area (TPSA) is 155 Å². The van der Waals surface area contributed by atoms with E-state index in [1.54, 1.807) is 0 Å². The molecule has 454 valence electrons. The number of unbranched alkanes of at least 4 members (excludes halogenated alkanes) is 33. The lowest BCUT2D eigenvalue weighted by Crippen LogP contribution is -2.30. The van der Waals surface area contributed by atoms with Gasteiger partial charge in [0.1, 0.15) is 12.7 Å². The Morgan fingerprint density at radius 2 is 0.667 bits per heavy atom. The highest BCUT2D eigenvalue weighted by Crippen LogP contribution is 2.43. The van der Waals surface area contributed by atoms with Crippen molar-refractivity contribution < 1.29 is 52.2 Å². The highest BCUT2D eigenvalue weighted by atomic mass is 31.2. The summed E-state index contributed by atoms with van der Waals surface area (Å²) in [5.74, 6) is -1.47. The normalized spacial score (nSPS) is 13.7. The summed E-state index contributed by atoms with van der Waals surface area (Å²) in [6.07, 6.45) is 67.4. The molecular weight excluding hydrogens is 1000 g/mol. The molecular formula is C66H119O11P. The summed E-state index contributed by atoms with van der Waals surface area (Å²) in [4.78, 5) is 48.7. The molecule has 3 atom stereocenters. The highest BCUT2D eigenvalue weighted by molar-refractivity contribution is 7.47. The number of ether oxygens (including phenoxy) is 3. The van der Waals surface area contributed by atoms with Crippen LogP contribution in [-0.2, 0) is 42.2 Å². The summed E-state index contributed by atoms with van der Waals surface area (Å²) < 4.78 is 39.7. The molecule has 0 fully saturated rings. The van der Waals surface area contributed by atoms with Crippen molar-refractivity contribution >= 4 is 25.7 Å². The summed E-state index contributed by atoms with van der Waals surface area (Å²) in [7, 11) is -4.76. The zero-order chi connectivity index (χ0) is 56.9. The molecule has 0 aliphatic rings. The molecule has 0 spiro atoms. The minimum absolute atomic E-state index is 0.156. The summed E-state index contributed by atoms with van der Waals surface area (Å²) in [5, 5.41) is 9.85. The second-order valence-corrected chi connectivity index (χ2v) is 23.0. The van der Waals surface area contributed by atoms with Crippen molar-refractivity contribution in [1.82, 2.24) is 0 Å². The van der Waals surface area contributed by atoms with E-state index < -0.39 is 57.8 Å². The number of allylic oxidation sites excluding steroid dienone is 10. The highest BCUT2D eigenvalue weighted by Gasteiger charge is 2.28. The molecule has 0 saturated heterocycles. The second kappa shape index (κ2) is 60.3. The molecule has 3 unspecified atom stereocenters. The fraction of sp³-hybridized carbons (Fsp3) is 0.803. The van der Waals surface area contributed by atoms with Crippen molar-refractivity contribution in [3.63, 3.8) is 0 Å². The van der Waals surface area contributed by atoms with E-state index in [0.717, 1.165) is 109 Å². The van der Waals surface area contributed by atoms with Crippen LogP contribution < -0.4 is 0 Å². The zero-order valence-corrected chi connectivity index (χ0v) is 51.3. The van der Waals surface area contributed by atoms with Crippen molar-refractivity contribution in [2.24, 2.45) is 0 Å². The average Bonchev–Trinajstić information content (AvgIpc) is 3.43. The second-order valence-electron chi connectivity index (χ2n) is 21.5. The number of aliphatic hydroxyl groups excluding tert-OH is 1. The predicted octanol–water partition coefficient (Wildman–Crippen LogP) is 19.5. The maximum absolute atomic E-state index is 13.0. The van der Waals surface area contributed by atoms with Gasteiger partial charge < -0.3 is 24.2 Å². The number of carbonyl (C=O) groups is 3. The first kappa shape index (κ1) is 75.2.